The highest BCUT2D eigenvalue weighted by molar-refractivity contribution is 7.99. The Morgan fingerprint density at radius 3 is 2.89 bits per heavy atom. The lowest BCUT2D eigenvalue weighted by atomic mass is 9.86. The van der Waals surface area contributed by atoms with E-state index in [1.807, 2.05) is 11.8 Å². The molecule has 0 spiro atoms. The summed E-state index contributed by atoms with van der Waals surface area (Å²) in [4.78, 5) is 1.51. The number of aryl methyl sites for hydroxylation is 1. The molecule has 1 aromatic carbocycles. The summed E-state index contributed by atoms with van der Waals surface area (Å²) in [5.74, 6) is 1.93. The number of unbranched alkanes of at least 4 members (excludes halogenated alkanes) is 1. The van der Waals surface area contributed by atoms with Crippen LogP contribution in [0, 0.1) is 0 Å². The summed E-state index contributed by atoms with van der Waals surface area (Å²) in [5.41, 5.74) is 3.12. The Bertz CT molecular complexity index is 402. The normalized spacial score (nSPS) is 17.2. The maximum Gasteiger partial charge on any atom is 0.0107 e. The zero-order chi connectivity index (χ0) is 13.7. The Morgan fingerprint density at radius 2 is 2.16 bits per heavy atom. The molecule has 0 aromatic heterocycles. The van der Waals surface area contributed by atoms with Gasteiger partial charge in [-0.15, -0.1) is 11.8 Å². The monoisotopic (exact) mass is 277 g/mol. The number of likely N-dealkylation sites (N-methyl/N-ethyl adjacent to an activating group) is 1. The van der Waals surface area contributed by atoms with Crippen molar-refractivity contribution < 1.29 is 0 Å². The topological polar surface area (TPSA) is 12.0 Å². The van der Waals surface area contributed by atoms with E-state index in [0.717, 1.165) is 6.54 Å². The largest absolute Gasteiger partial charge is 0.314 e. The van der Waals surface area contributed by atoms with Crippen molar-refractivity contribution in [3.05, 3.63) is 29.3 Å². The van der Waals surface area contributed by atoms with Gasteiger partial charge in [0.05, 0.1) is 0 Å². The third-order valence-corrected chi connectivity index (χ3v) is 5.26. The van der Waals surface area contributed by atoms with Gasteiger partial charge in [0.2, 0.25) is 0 Å². The van der Waals surface area contributed by atoms with Crippen molar-refractivity contribution >= 4 is 11.8 Å². The fraction of sp³-hybridized carbons (Fsp3) is 0.647. The van der Waals surface area contributed by atoms with Gasteiger partial charge in [0.1, 0.15) is 0 Å². The molecule has 2 atom stereocenters. The highest BCUT2D eigenvalue weighted by Gasteiger charge is 2.20. The molecule has 0 saturated heterocycles. The number of fused-ring (bicyclic) bond motifs is 1. The molecule has 2 rings (SSSR count). The average molecular weight is 277 g/mol. The average Bonchev–Trinajstić information content (AvgIpc) is 2.87. The summed E-state index contributed by atoms with van der Waals surface area (Å²) in [6.07, 6.45) is 5.17. The minimum Gasteiger partial charge on any atom is -0.314 e. The highest BCUT2D eigenvalue weighted by Crippen LogP contribution is 2.35. The van der Waals surface area contributed by atoms with Gasteiger partial charge in [-0.1, -0.05) is 38.8 Å². The van der Waals surface area contributed by atoms with E-state index in [9.17, 15) is 0 Å². The molecule has 2 heteroatoms. The second-order valence-corrected chi connectivity index (χ2v) is 6.70. The van der Waals surface area contributed by atoms with E-state index in [0.29, 0.717) is 12.0 Å². The van der Waals surface area contributed by atoms with E-state index in [1.165, 1.54) is 36.3 Å². The van der Waals surface area contributed by atoms with Crippen LogP contribution in [-0.2, 0) is 6.42 Å². The van der Waals surface area contributed by atoms with Gasteiger partial charge in [-0.05, 0) is 49.4 Å². The summed E-state index contributed by atoms with van der Waals surface area (Å²) < 4.78 is 0. The Balaban J connectivity index is 2.16. The van der Waals surface area contributed by atoms with Crippen molar-refractivity contribution in [3.63, 3.8) is 0 Å². The molecule has 1 nitrogen and oxygen atoms in total. The van der Waals surface area contributed by atoms with Crippen LogP contribution < -0.4 is 5.32 Å². The van der Waals surface area contributed by atoms with E-state index < -0.39 is 0 Å². The van der Waals surface area contributed by atoms with E-state index in [2.05, 4.69) is 44.3 Å². The highest BCUT2D eigenvalue weighted by atomic mass is 32.2. The molecule has 1 N–H and O–H groups in total. The van der Waals surface area contributed by atoms with Crippen molar-refractivity contribution in [2.24, 2.45) is 0 Å². The molecule has 0 fully saturated rings. The van der Waals surface area contributed by atoms with Gasteiger partial charge in [-0.3, -0.25) is 0 Å². The Labute approximate surface area is 122 Å². The van der Waals surface area contributed by atoms with Crippen LogP contribution in [0.2, 0.25) is 0 Å². The minimum atomic E-state index is 0.573. The molecule has 1 aliphatic rings. The number of nitrogens with one attached hydrogen (secondary N) is 1. The summed E-state index contributed by atoms with van der Waals surface area (Å²) in [6, 6.07) is 7.76. The first-order valence-electron chi connectivity index (χ1n) is 7.75. The molecule has 0 bridgehead atoms. The third-order valence-electron chi connectivity index (χ3n) is 4.14. The van der Waals surface area contributed by atoms with Gasteiger partial charge < -0.3 is 5.32 Å². The van der Waals surface area contributed by atoms with Crippen LogP contribution >= 0.6 is 11.8 Å². The molecule has 1 aliphatic heterocycles. The molecular weight excluding hydrogens is 250 g/mol. The van der Waals surface area contributed by atoms with Crippen molar-refractivity contribution in [1.82, 2.24) is 5.32 Å². The van der Waals surface area contributed by atoms with Crippen LogP contribution in [0.25, 0.3) is 0 Å². The molecule has 0 radical (unpaired) electrons. The molecule has 2 unspecified atom stereocenters. The van der Waals surface area contributed by atoms with Crippen LogP contribution in [0.15, 0.2) is 23.1 Å². The Hall–Kier alpha value is -0.470. The Kier molecular flexibility index (Phi) is 5.77. The summed E-state index contributed by atoms with van der Waals surface area (Å²) in [6.45, 7) is 7.89. The van der Waals surface area contributed by atoms with E-state index in [-0.39, 0.29) is 0 Å². The third kappa shape index (κ3) is 3.76. The van der Waals surface area contributed by atoms with Gasteiger partial charge in [-0.2, -0.15) is 0 Å². The quantitative estimate of drug-likeness (QED) is 0.781. The minimum absolute atomic E-state index is 0.573. The van der Waals surface area contributed by atoms with Crippen LogP contribution in [0.4, 0.5) is 0 Å². The number of benzene rings is 1. The zero-order valence-electron chi connectivity index (χ0n) is 12.5. The zero-order valence-corrected chi connectivity index (χ0v) is 13.4. The lowest BCUT2D eigenvalue weighted by molar-refractivity contribution is 0.436. The van der Waals surface area contributed by atoms with Crippen molar-refractivity contribution in [3.8, 4) is 0 Å². The SMILES string of the molecule is CCCCC(c1ccc2c(c1)CCS2)C(C)NCC. The molecule has 1 heterocycles. The number of rotatable bonds is 7. The Morgan fingerprint density at radius 1 is 1.32 bits per heavy atom. The van der Waals surface area contributed by atoms with E-state index >= 15 is 0 Å². The van der Waals surface area contributed by atoms with Gasteiger partial charge in [0.25, 0.3) is 0 Å². The van der Waals surface area contributed by atoms with Gasteiger partial charge in [0.15, 0.2) is 0 Å². The standard InChI is InChI=1S/C17H27NS/c1-4-6-7-16(13(3)18-5-2)14-8-9-17-15(12-14)10-11-19-17/h8-9,12-13,16,18H,4-7,10-11H2,1-3H3. The maximum atomic E-state index is 3.62. The fourth-order valence-corrected chi connectivity index (χ4v) is 4.08. The summed E-state index contributed by atoms with van der Waals surface area (Å²) in [7, 11) is 0. The van der Waals surface area contributed by atoms with Gasteiger partial charge >= 0.3 is 0 Å². The van der Waals surface area contributed by atoms with Crippen LogP contribution in [0.3, 0.4) is 0 Å². The first-order chi connectivity index (χ1) is 9.26. The van der Waals surface area contributed by atoms with E-state index in [1.54, 1.807) is 11.1 Å². The van der Waals surface area contributed by atoms with Crippen LogP contribution in [-0.4, -0.2) is 18.3 Å². The van der Waals surface area contributed by atoms with Crippen LogP contribution in [0.5, 0.6) is 0 Å². The van der Waals surface area contributed by atoms with Crippen molar-refractivity contribution in [1.29, 1.82) is 0 Å². The number of hydrogen-bond acceptors (Lipinski definition) is 2. The first-order valence-corrected chi connectivity index (χ1v) is 8.73. The molecule has 0 aliphatic carbocycles. The molecule has 0 saturated carbocycles. The summed E-state index contributed by atoms with van der Waals surface area (Å²) in [5, 5.41) is 3.62. The molecule has 19 heavy (non-hydrogen) atoms. The molecular formula is C17H27NS. The number of thioether (sulfide) groups is 1. The predicted octanol–water partition coefficient (Wildman–Crippen LogP) is 4.61. The molecule has 0 amide bonds. The predicted molar refractivity (Wildman–Crippen MR) is 86.3 cm³/mol. The maximum absolute atomic E-state index is 3.62. The van der Waals surface area contributed by atoms with Crippen molar-refractivity contribution in [2.45, 2.75) is 63.3 Å². The molecule has 1 aromatic rings. The molecule has 106 valence electrons. The first kappa shape index (κ1) is 14.9. The van der Waals surface area contributed by atoms with E-state index in [4.69, 9.17) is 0 Å². The van der Waals surface area contributed by atoms with Gasteiger partial charge in [0, 0.05) is 16.7 Å². The number of hydrogen-bond donors (Lipinski definition) is 1. The lowest BCUT2D eigenvalue weighted by Crippen LogP contribution is -2.32. The second kappa shape index (κ2) is 7.35. The second-order valence-electron chi connectivity index (χ2n) is 5.56. The lowest BCUT2D eigenvalue weighted by Gasteiger charge is -2.25. The van der Waals surface area contributed by atoms with Crippen molar-refractivity contribution in [2.75, 3.05) is 12.3 Å². The summed E-state index contributed by atoms with van der Waals surface area (Å²) >= 11 is 2.01. The van der Waals surface area contributed by atoms with Gasteiger partial charge in [-0.25, -0.2) is 0 Å². The fourth-order valence-electron chi connectivity index (χ4n) is 3.03. The smallest absolute Gasteiger partial charge is 0.0107 e. The van der Waals surface area contributed by atoms with Crippen LogP contribution in [0.1, 0.15) is 57.1 Å².